The van der Waals surface area contributed by atoms with Crippen molar-refractivity contribution in [1.29, 1.82) is 0 Å². The Morgan fingerprint density at radius 3 is 2.37 bits per heavy atom. The second-order valence-corrected chi connectivity index (χ2v) is 7.88. The van der Waals surface area contributed by atoms with Crippen LogP contribution in [0.1, 0.15) is 29.6 Å². The van der Waals surface area contributed by atoms with Gasteiger partial charge in [-0.15, -0.1) is 0 Å². The third-order valence-corrected chi connectivity index (χ3v) is 5.09. The summed E-state index contributed by atoms with van der Waals surface area (Å²) in [4.78, 5) is 28.4. The second kappa shape index (κ2) is 12.9. The standard InChI is InChI=1S/C24H20Cl2F2N2O5/c25-17-13-29-14-18(26)22(17)30-23(32)15-9-10-19(35-24(27)28)20(12-15)33-11-5-4-8-21(31)34-16-6-2-1-3-7-16/h1-3,6-7,9-10,12-14,24H,4-5,8,11H2,(H,29,30,32). The molecule has 11 heteroatoms. The molecular formula is C24H20Cl2F2N2O5. The van der Waals surface area contributed by atoms with E-state index in [9.17, 15) is 18.4 Å². The highest BCUT2D eigenvalue weighted by molar-refractivity contribution is 6.39. The largest absolute Gasteiger partial charge is 0.490 e. The molecule has 3 rings (SSSR count). The van der Waals surface area contributed by atoms with E-state index >= 15 is 0 Å². The van der Waals surface area contributed by atoms with Crippen LogP contribution in [0.5, 0.6) is 17.2 Å². The first-order valence-electron chi connectivity index (χ1n) is 10.4. The van der Waals surface area contributed by atoms with Gasteiger partial charge in [0, 0.05) is 24.4 Å². The molecule has 1 heterocycles. The van der Waals surface area contributed by atoms with Gasteiger partial charge in [-0.2, -0.15) is 8.78 Å². The van der Waals surface area contributed by atoms with Crippen molar-refractivity contribution < 1.29 is 32.6 Å². The Balaban J connectivity index is 1.59. The van der Waals surface area contributed by atoms with Gasteiger partial charge in [0.2, 0.25) is 0 Å². The number of para-hydroxylation sites is 1. The van der Waals surface area contributed by atoms with E-state index in [0.29, 0.717) is 18.6 Å². The summed E-state index contributed by atoms with van der Waals surface area (Å²) in [5, 5.41) is 2.81. The Kier molecular flexibility index (Phi) is 9.63. The van der Waals surface area contributed by atoms with E-state index in [0.717, 1.165) is 0 Å². The molecule has 35 heavy (non-hydrogen) atoms. The van der Waals surface area contributed by atoms with Gasteiger partial charge < -0.3 is 19.5 Å². The molecular weight excluding hydrogens is 505 g/mol. The molecule has 0 saturated heterocycles. The minimum absolute atomic E-state index is 0.0586. The molecule has 0 aliphatic heterocycles. The Morgan fingerprint density at radius 2 is 1.69 bits per heavy atom. The maximum Gasteiger partial charge on any atom is 0.387 e. The summed E-state index contributed by atoms with van der Waals surface area (Å²) >= 11 is 12.0. The number of amides is 1. The van der Waals surface area contributed by atoms with Crippen LogP contribution in [0.4, 0.5) is 14.5 Å². The molecule has 0 bridgehead atoms. The highest BCUT2D eigenvalue weighted by atomic mass is 35.5. The smallest absolute Gasteiger partial charge is 0.387 e. The lowest BCUT2D eigenvalue weighted by molar-refractivity contribution is -0.134. The molecule has 3 aromatic rings. The van der Waals surface area contributed by atoms with Crippen LogP contribution in [0.2, 0.25) is 10.0 Å². The fraction of sp³-hybridized carbons (Fsp3) is 0.208. The highest BCUT2D eigenvalue weighted by Gasteiger charge is 2.17. The van der Waals surface area contributed by atoms with E-state index in [1.165, 1.54) is 30.6 Å². The number of carbonyl (C=O) groups is 2. The van der Waals surface area contributed by atoms with Crippen LogP contribution in [-0.2, 0) is 4.79 Å². The number of carbonyl (C=O) groups excluding carboxylic acids is 2. The zero-order valence-electron chi connectivity index (χ0n) is 18.2. The Hall–Kier alpha value is -3.43. The lowest BCUT2D eigenvalue weighted by Gasteiger charge is -2.14. The summed E-state index contributed by atoms with van der Waals surface area (Å²) in [5.41, 5.74) is 0.253. The monoisotopic (exact) mass is 524 g/mol. The first kappa shape index (κ1) is 26.2. The number of aromatic nitrogens is 1. The summed E-state index contributed by atoms with van der Waals surface area (Å²) in [6, 6.07) is 12.4. The number of benzene rings is 2. The van der Waals surface area contributed by atoms with Crippen LogP contribution >= 0.6 is 23.2 Å². The topological polar surface area (TPSA) is 86.8 Å². The average Bonchev–Trinajstić information content (AvgIpc) is 2.82. The summed E-state index contributed by atoms with van der Waals surface area (Å²) in [6.07, 6.45) is 3.64. The van der Waals surface area contributed by atoms with Crippen LogP contribution in [0, 0.1) is 0 Å². The maximum absolute atomic E-state index is 12.8. The number of halogens is 4. The molecule has 0 saturated carbocycles. The predicted octanol–water partition coefficient (Wildman–Crippen LogP) is 6.40. The van der Waals surface area contributed by atoms with E-state index in [1.807, 2.05) is 6.07 Å². The van der Waals surface area contributed by atoms with E-state index in [4.69, 9.17) is 32.7 Å². The summed E-state index contributed by atoms with van der Waals surface area (Å²) < 4.78 is 40.9. The van der Waals surface area contributed by atoms with Crippen LogP contribution in [0.3, 0.4) is 0 Å². The first-order chi connectivity index (χ1) is 16.8. The molecule has 7 nitrogen and oxygen atoms in total. The Labute approximate surface area is 209 Å². The quantitative estimate of drug-likeness (QED) is 0.177. The van der Waals surface area contributed by atoms with E-state index in [2.05, 4.69) is 15.0 Å². The molecule has 1 N–H and O–H groups in total. The lowest BCUT2D eigenvalue weighted by Crippen LogP contribution is -2.14. The Morgan fingerprint density at radius 1 is 0.971 bits per heavy atom. The zero-order chi connectivity index (χ0) is 25.2. The van der Waals surface area contributed by atoms with Gasteiger partial charge in [0.05, 0.1) is 22.3 Å². The minimum Gasteiger partial charge on any atom is -0.490 e. The summed E-state index contributed by atoms with van der Waals surface area (Å²) in [7, 11) is 0. The number of nitrogens with zero attached hydrogens (tertiary/aromatic N) is 1. The van der Waals surface area contributed by atoms with Crippen LogP contribution in [0.25, 0.3) is 0 Å². The molecule has 0 unspecified atom stereocenters. The molecule has 1 aromatic heterocycles. The van der Waals surface area contributed by atoms with Gasteiger partial charge in [-0.05, 0) is 43.2 Å². The van der Waals surface area contributed by atoms with Crippen molar-refractivity contribution in [2.45, 2.75) is 25.9 Å². The van der Waals surface area contributed by atoms with Crippen molar-refractivity contribution in [1.82, 2.24) is 4.98 Å². The third-order valence-electron chi connectivity index (χ3n) is 4.52. The zero-order valence-corrected chi connectivity index (χ0v) is 19.7. The van der Waals surface area contributed by atoms with Gasteiger partial charge in [-0.3, -0.25) is 14.6 Å². The third kappa shape index (κ3) is 8.08. The van der Waals surface area contributed by atoms with E-state index in [1.54, 1.807) is 24.3 Å². The molecule has 0 atom stereocenters. The van der Waals surface area contributed by atoms with Gasteiger partial charge in [0.15, 0.2) is 11.5 Å². The maximum atomic E-state index is 12.8. The number of nitrogens with one attached hydrogen (secondary N) is 1. The van der Waals surface area contributed by atoms with Crippen molar-refractivity contribution in [2.75, 3.05) is 11.9 Å². The molecule has 1 amide bonds. The number of ether oxygens (including phenoxy) is 3. The number of esters is 1. The molecule has 0 radical (unpaired) electrons. The minimum atomic E-state index is -3.08. The predicted molar refractivity (Wildman–Crippen MR) is 127 cm³/mol. The van der Waals surface area contributed by atoms with Gasteiger partial charge >= 0.3 is 12.6 Å². The summed E-state index contributed by atoms with van der Waals surface area (Å²) in [5.74, 6) is -0.842. The van der Waals surface area contributed by atoms with Gasteiger partial charge in [0.1, 0.15) is 5.75 Å². The van der Waals surface area contributed by atoms with Crippen molar-refractivity contribution in [3.05, 3.63) is 76.5 Å². The summed E-state index contributed by atoms with van der Waals surface area (Å²) in [6.45, 7) is -3.00. The highest BCUT2D eigenvalue weighted by Crippen LogP contribution is 2.32. The van der Waals surface area contributed by atoms with E-state index < -0.39 is 18.5 Å². The number of hydrogen-bond acceptors (Lipinski definition) is 6. The lowest BCUT2D eigenvalue weighted by atomic mass is 10.2. The van der Waals surface area contributed by atoms with Crippen molar-refractivity contribution >= 4 is 40.8 Å². The number of rotatable bonds is 11. The number of pyridine rings is 1. The second-order valence-electron chi connectivity index (χ2n) is 7.06. The van der Waals surface area contributed by atoms with Crippen molar-refractivity contribution in [3.8, 4) is 17.2 Å². The fourth-order valence-corrected chi connectivity index (χ4v) is 3.36. The number of anilines is 1. The van der Waals surface area contributed by atoms with Crippen LogP contribution in [0.15, 0.2) is 60.9 Å². The number of alkyl halides is 2. The number of hydrogen-bond donors (Lipinski definition) is 1. The first-order valence-corrected chi connectivity index (χ1v) is 11.2. The normalized spacial score (nSPS) is 10.7. The molecule has 2 aromatic carbocycles. The molecule has 0 aliphatic rings. The average molecular weight is 525 g/mol. The molecule has 0 fully saturated rings. The fourth-order valence-electron chi connectivity index (χ4n) is 2.90. The van der Waals surface area contributed by atoms with E-state index in [-0.39, 0.29) is 45.8 Å². The SMILES string of the molecule is O=C(CCCCOc1cc(C(=O)Nc2c(Cl)cncc2Cl)ccc1OC(F)F)Oc1ccccc1. The van der Waals surface area contributed by atoms with Crippen molar-refractivity contribution in [2.24, 2.45) is 0 Å². The van der Waals surface area contributed by atoms with Gasteiger partial charge in [-0.25, -0.2) is 0 Å². The van der Waals surface area contributed by atoms with Gasteiger partial charge in [0.25, 0.3) is 5.91 Å². The van der Waals surface area contributed by atoms with Crippen LogP contribution in [-0.4, -0.2) is 30.1 Å². The Bertz CT molecular complexity index is 1150. The van der Waals surface area contributed by atoms with Gasteiger partial charge in [-0.1, -0.05) is 41.4 Å². The van der Waals surface area contributed by atoms with Crippen molar-refractivity contribution in [3.63, 3.8) is 0 Å². The number of unbranched alkanes of at least 4 members (excludes halogenated alkanes) is 1. The molecule has 0 spiro atoms. The molecule has 184 valence electrons. The molecule has 0 aliphatic carbocycles. The van der Waals surface area contributed by atoms with Crippen LogP contribution < -0.4 is 19.5 Å².